The first kappa shape index (κ1) is 18.7. The van der Waals surface area contributed by atoms with Crippen molar-refractivity contribution in [2.75, 3.05) is 26.0 Å². The highest BCUT2D eigenvalue weighted by Crippen LogP contribution is 2.15. The number of hydrogen-bond acceptors (Lipinski definition) is 3. The first-order valence-corrected chi connectivity index (χ1v) is 8.28. The number of para-hydroxylation sites is 1. The molecular formula is C20H25N3O2. The van der Waals surface area contributed by atoms with E-state index in [-0.39, 0.29) is 17.9 Å². The molecule has 1 atom stereocenters. The van der Waals surface area contributed by atoms with Gasteiger partial charge in [-0.05, 0) is 43.8 Å². The van der Waals surface area contributed by atoms with Crippen LogP contribution in [0.5, 0.6) is 0 Å². The number of likely N-dealkylation sites (N-methyl/N-ethyl adjacent to an activating group) is 2. The lowest BCUT2D eigenvalue weighted by atomic mass is 10.1. The normalized spacial score (nSPS) is 11.9. The zero-order valence-corrected chi connectivity index (χ0v) is 15.2. The van der Waals surface area contributed by atoms with Gasteiger partial charge in [-0.2, -0.15) is 0 Å². The van der Waals surface area contributed by atoms with Crippen LogP contribution in [-0.2, 0) is 11.3 Å². The van der Waals surface area contributed by atoms with Crippen LogP contribution in [0.3, 0.4) is 0 Å². The number of amides is 2. The molecule has 2 rings (SSSR count). The minimum absolute atomic E-state index is 0.0377. The Morgan fingerprint density at radius 3 is 2.16 bits per heavy atom. The van der Waals surface area contributed by atoms with E-state index >= 15 is 0 Å². The highest BCUT2D eigenvalue weighted by atomic mass is 16.2. The molecule has 5 heteroatoms. The largest absolute Gasteiger partial charge is 0.355 e. The average Bonchev–Trinajstić information content (AvgIpc) is 2.66. The van der Waals surface area contributed by atoms with E-state index in [1.165, 1.54) is 0 Å². The molecule has 0 radical (unpaired) electrons. The van der Waals surface area contributed by atoms with Gasteiger partial charge in [0.1, 0.15) is 0 Å². The number of carbonyl (C=O) groups is 2. The molecule has 1 N–H and O–H groups in total. The van der Waals surface area contributed by atoms with Gasteiger partial charge in [-0.25, -0.2) is 0 Å². The van der Waals surface area contributed by atoms with Crippen molar-refractivity contribution in [2.24, 2.45) is 0 Å². The Bertz CT molecular complexity index is 713. The molecule has 5 nitrogen and oxygen atoms in total. The molecule has 0 saturated carbocycles. The molecule has 0 aliphatic heterocycles. The molecule has 2 amide bonds. The van der Waals surface area contributed by atoms with E-state index in [1.807, 2.05) is 61.3 Å². The van der Waals surface area contributed by atoms with Crippen LogP contribution in [0.2, 0.25) is 0 Å². The van der Waals surface area contributed by atoms with Crippen molar-refractivity contribution in [2.45, 2.75) is 19.5 Å². The molecule has 0 fully saturated rings. The van der Waals surface area contributed by atoms with E-state index in [4.69, 9.17) is 0 Å². The SMILES string of the molecule is CNC(=O)c1ccc(CN(C)C(C)C(=O)N(C)c2ccccc2)cc1. The van der Waals surface area contributed by atoms with Crippen LogP contribution in [0.4, 0.5) is 5.69 Å². The molecule has 0 saturated heterocycles. The summed E-state index contributed by atoms with van der Waals surface area (Å²) < 4.78 is 0. The fourth-order valence-corrected chi connectivity index (χ4v) is 2.58. The molecular weight excluding hydrogens is 314 g/mol. The van der Waals surface area contributed by atoms with Crippen molar-refractivity contribution < 1.29 is 9.59 Å². The number of rotatable bonds is 6. The summed E-state index contributed by atoms with van der Waals surface area (Å²) in [7, 11) is 5.33. The third-order valence-electron chi connectivity index (χ3n) is 4.37. The van der Waals surface area contributed by atoms with Gasteiger partial charge < -0.3 is 10.2 Å². The zero-order valence-electron chi connectivity index (χ0n) is 15.2. The Labute approximate surface area is 149 Å². The maximum atomic E-state index is 12.7. The number of carbonyl (C=O) groups excluding carboxylic acids is 2. The Balaban J connectivity index is 2.00. The van der Waals surface area contributed by atoms with Crippen LogP contribution in [0.25, 0.3) is 0 Å². The third-order valence-corrected chi connectivity index (χ3v) is 4.37. The van der Waals surface area contributed by atoms with Crippen LogP contribution in [-0.4, -0.2) is 43.9 Å². The van der Waals surface area contributed by atoms with Gasteiger partial charge in [0.05, 0.1) is 6.04 Å². The van der Waals surface area contributed by atoms with E-state index in [9.17, 15) is 9.59 Å². The van der Waals surface area contributed by atoms with Crippen molar-refractivity contribution >= 4 is 17.5 Å². The average molecular weight is 339 g/mol. The fraction of sp³-hybridized carbons (Fsp3) is 0.300. The van der Waals surface area contributed by atoms with Crippen molar-refractivity contribution in [3.05, 3.63) is 65.7 Å². The first-order chi connectivity index (χ1) is 11.9. The first-order valence-electron chi connectivity index (χ1n) is 8.28. The monoisotopic (exact) mass is 339 g/mol. The van der Waals surface area contributed by atoms with Crippen molar-refractivity contribution in [1.29, 1.82) is 0 Å². The summed E-state index contributed by atoms with van der Waals surface area (Å²) in [5.74, 6) is -0.0661. The summed E-state index contributed by atoms with van der Waals surface area (Å²) >= 11 is 0. The smallest absolute Gasteiger partial charge is 0.251 e. The van der Waals surface area contributed by atoms with Crippen LogP contribution in [0, 0.1) is 0 Å². The lowest BCUT2D eigenvalue weighted by Gasteiger charge is -2.28. The van der Waals surface area contributed by atoms with E-state index in [0.29, 0.717) is 12.1 Å². The second-order valence-electron chi connectivity index (χ2n) is 6.10. The molecule has 2 aromatic carbocycles. The van der Waals surface area contributed by atoms with Crippen LogP contribution in [0.1, 0.15) is 22.8 Å². The van der Waals surface area contributed by atoms with Gasteiger partial charge in [0.15, 0.2) is 0 Å². The molecule has 132 valence electrons. The molecule has 0 spiro atoms. The number of benzene rings is 2. The van der Waals surface area contributed by atoms with Gasteiger partial charge in [0.2, 0.25) is 5.91 Å². The minimum Gasteiger partial charge on any atom is -0.355 e. The van der Waals surface area contributed by atoms with E-state index < -0.39 is 0 Å². The molecule has 1 unspecified atom stereocenters. The molecule has 25 heavy (non-hydrogen) atoms. The lowest BCUT2D eigenvalue weighted by Crippen LogP contribution is -2.43. The zero-order chi connectivity index (χ0) is 18.4. The molecule has 0 aliphatic carbocycles. The number of anilines is 1. The summed E-state index contributed by atoms with van der Waals surface area (Å²) in [6.45, 7) is 2.53. The van der Waals surface area contributed by atoms with Gasteiger partial charge in [0, 0.05) is 31.9 Å². The fourth-order valence-electron chi connectivity index (χ4n) is 2.58. The molecule has 0 bridgehead atoms. The standard InChI is InChI=1S/C20H25N3O2/c1-15(20(25)23(4)18-8-6-5-7-9-18)22(3)14-16-10-12-17(13-11-16)19(24)21-2/h5-13,15H,14H2,1-4H3,(H,21,24). The van der Waals surface area contributed by atoms with Crippen molar-refractivity contribution in [3.8, 4) is 0 Å². The predicted octanol–water partition coefficient (Wildman–Crippen LogP) is 2.53. The quantitative estimate of drug-likeness (QED) is 0.880. The predicted molar refractivity (Wildman–Crippen MR) is 101 cm³/mol. The Hall–Kier alpha value is -2.66. The molecule has 0 heterocycles. The highest BCUT2D eigenvalue weighted by Gasteiger charge is 2.22. The summed E-state index contributed by atoms with van der Waals surface area (Å²) in [5.41, 5.74) is 2.56. The highest BCUT2D eigenvalue weighted by molar-refractivity contribution is 5.96. The van der Waals surface area contributed by atoms with Gasteiger partial charge in [-0.1, -0.05) is 30.3 Å². The van der Waals surface area contributed by atoms with Crippen molar-refractivity contribution in [3.63, 3.8) is 0 Å². The molecule has 2 aromatic rings. The van der Waals surface area contributed by atoms with E-state index in [0.717, 1.165) is 11.3 Å². The van der Waals surface area contributed by atoms with Gasteiger partial charge in [-0.3, -0.25) is 14.5 Å². The second kappa shape index (κ2) is 8.44. The summed E-state index contributed by atoms with van der Waals surface area (Å²) in [6.07, 6.45) is 0. The maximum Gasteiger partial charge on any atom is 0.251 e. The maximum absolute atomic E-state index is 12.7. The Morgan fingerprint density at radius 2 is 1.60 bits per heavy atom. The number of nitrogens with one attached hydrogen (secondary N) is 1. The van der Waals surface area contributed by atoms with Gasteiger partial charge in [0.25, 0.3) is 5.91 Å². The van der Waals surface area contributed by atoms with Gasteiger partial charge >= 0.3 is 0 Å². The molecule has 0 aliphatic rings. The van der Waals surface area contributed by atoms with E-state index in [2.05, 4.69) is 5.32 Å². The summed E-state index contributed by atoms with van der Waals surface area (Å²) in [6, 6.07) is 16.8. The Kier molecular flexibility index (Phi) is 6.31. The van der Waals surface area contributed by atoms with E-state index in [1.54, 1.807) is 31.1 Å². The second-order valence-corrected chi connectivity index (χ2v) is 6.10. The van der Waals surface area contributed by atoms with Crippen molar-refractivity contribution in [1.82, 2.24) is 10.2 Å². The van der Waals surface area contributed by atoms with Crippen LogP contribution >= 0.6 is 0 Å². The summed E-state index contributed by atoms with van der Waals surface area (Å²) in [5, 5.41) is 2.60. The van der Waals surface area contributed by atoms with Gasteiger partial charge in [-0.15, -0.1) is 0 Å². The van der Waals surface area contributed by atoms with Crippen LogP contribution in [0.15, 0.2) is 54.6 Å². The summed E-state index contributed by atoms with van der Waals surface area (Å²) in [4.78, 5) is 27.9. The number of hydrogen-bond donors (Lipinski definition) is 1. The topological polar surface area (TPSA) is 52.7 Å². The van der Waals surface area contributed by atoms with Crippen LogP contribution < -0.4 is 10.2 Å². The number of nitrogens with zero attached hydrogens (tertiary/aromatic N) is 2. The minimum atomic E-state index is -0.260. The Morgan fingerprint density at radius 1 is 1.00 bits per heavy atom. The molecule has 0 aromatic heterocycles. The lowest BCUT2D eigenvalue weighted by molar-refractivity contribution is -0.122. The third kappa shape index (κ3) is 4.67.